The first kappa shape index (κ1) is 23.1. The van der Waals surface area contributed by atoms with Crippen molar-refractivity contribution in [1.29, 1.82) is 0 Å². The fourth-order valence-corrected chi connectivity index (χ4v) is 4.28. The lowest BCUT2D eigenvalue weighted by Gasteiger charge is -2.26. The average Bonchev–Trinajstić information content (AvgIpc) is 3.49. The van der Waals surface area contributed by atoms with Crippen LogP contribution in [-0.2, 0) is 9.59 Å². The smallest absolute Gasteiger partial charge is 0.223 e. The predicted octanol–water partition coefficient (Wildman–Crippen LogP) is 2.43. The Morgan fingerprint density at radius 3 is 1.61 bits per heavy atom. The molecule has 8 heteroatoms. The molecule has 0 aliphatic heterocycles. The molecule has 0 aromatic carbocycles. The molecule has 2 N–H and O–H groups in total. The van der Waals surface area contributed by atoms with Crippen LogP contribution < -0.4 is 10.6 Å². The van der Waals surface area contributed by atoms with Gasteiger partial charge in [-0.3, -0.25) is 19.4 Å². The number of carbonyl (C=O) groups is 2. The van der Waals surface area contributed by atoms with Crippen molar-refractivity contribution in [2.45, 2.75) is 31.3 Å². The van der Waals surface area contributed by atoms with Gasteiger partial charge in [-0.1, -0.05) is 6.42 Å². The average molecular weight is 431 g/mol. The highest BCUT2D eigenvalue weighted by molar-refractivity contribution is 5.88. The Bertz CT molecular complexity index is 749. The predicted molar refractivity (Wildman–Crippen MR) is 117 cm³/mol. The molecule has 0 unspecified atom stereocenters. The van der Waals surface area contributed by atoms with Gasteiger partial charge in [-0.2, -0.15) is 0 Å². The second-order valence-corrected chi connectivity index (χ2v) is 8.62. The summed E-state index contributed by atoms with van der Waals surface area (Å²) >= 11 is 0. The molecule has 0 spiro atoms. The molecule has 1 aliphatic rings. The van der Waals surface area contributed by atoms with Crippen molar-refractivity contribution in [1.82, 2.24) is 20.4 Å². The quantitative estimate of drug-likeness (QED) is 0.602. The molecular formula is C23H34N4O4. The maximum atomic E-state index is 12.9. The van der Waals surface area contributed by atoms with Gasteiger partial charge in [0.25, 0.3) is 0 Å². The van der Waals surface area contributed by atoms with Crippen LogP contribution in [0.4, 0.5) is 0 Å². The summed E-state index contributed by atoms with van der Waals surface area (Å²) in [7, 11) is 7.80. The normalized spacial score (nSPS) is 20.7. The Hall–Kier alpha value is -2.58. The molecule has 1 saturated carbocycles. The first-order chi connectivity index (χ1) is 14.9. The standard InChI is InChI=1S/C23H34N4O4/c1-26(2)18(20-10-6-12-30-20)14-24-22(28)16-8-5-9-17(16)23(29)25-15-19(27(3)4)21-11-7-13-31-21/h6-7,10-13,16-19H,5,8-9,14-15H2,1-4H3,(H,24,28)(H,25,29)/t16-,17-,18-,19+/m1/s1. The van der Waals surface area contributed by atoms with Crippen molar-refractivity contribution in [3.8, 4) is 0 Å². The Kier molecular flexibility index (Phi) is 7.92. The molecule has 0 saturated heterocycles. The van der Waals surface area contributed by atoms with Crippen molar-refractivity contribution >= 4 is 11.8 Å². The number of nitrogens with zero attached hydrogens (tertiary/aromatic N) is 2. The fourth-order valence-electron chi connectivity index (χ4n) is 4.28. The molecular weight excluding hydrogens is 396 g/mol. The van der Waals surface area contributed by atoms with Crippen LogP contribution >= 0.6 is 0 Å². The summed E-state index contributed by atoms with van der Waals surface area (Å²) in [6.45, 7) is 0.872. The maximum absolute atomic E-state index is 12.9. The number of carbonyl (C=O) groups excluding carboxylic acids is 2. The van der Waals surface area contributed by atoms with Crippen LogP contribution in [0.25, 0.3) is 0 Å². The number of nitrogens with one attached hydrogen (secondary N) is 2. The van der Waals surface area contributed by atoms with E-state index in [9.17, 15) is 9.59 Å². The molecule has 4 atom stereocenters. The molecule has 2 heterocycles. The van der Waals surface area contributed by atoms with Gasteiger partial charge in [-0.25, -0.2) is 0 Å². The first-order valence-electron chi connectivity index (χ1n) is 10.8. The minimum Gasteiger partial charge on any atom is -0.468 e. The van der Waals surface area contributed by atoms with Crippen LogP contribution in [0.2, 0.25) is 0 Å². The van der Waals surface area contributed by atoms with E-state index in [1.54, 1.807) is 12.5 Å². The lowest BCUT2D eigenvalue weighted by atomic mass is 9.94. The molecule has 2 aromatic rings. The number of hydrogen-bond acceptors (Lipinski definition) is 6. The lowest BCUT2D eigenvalue weighted by Crippen LogP contribution is -2.43. The molecule has 2 amide bonds. The highest BCUT2D eigenvalue weighted by Crippen LogP contribution is 2.32. The Morgan fingerprint density at radius 1 is 0.871 bits per heavy atom. The monoisotopic (exact) mass is 430 g/mol. The van der Waals surface area contributed by atoms with Gasteiger partial charge >= 0.3 is 0 Å². The maximum Gasteiger partial charge on any atom is 0.223 e. The van der Waals surface area contributed by atoms with E-state index < -0.39 is 0 Å². The third-order valence-corrected chi connectivity index (χ3v) is 6.12. The van der Waals surface area contributed by atoms with E-state index in [4.69, 9.17) is 8.83 Å². The van der Waals surface area contributed by atoms with Crippen molar-refractivity contribution < 1.29 is 18.4 Å². The first-order valence-corrected chi connectivity index (χ1v) is 10.8. The van der Waals surface area contributed by atoms with Crippen LogP contribution in [0.15, 0.2) is 45.6 Å². The SMILES string of the molecule is CN(C)[C@H](CNC(=O)[C@@H]1CCC[C@H]1C(=O)NC[C@@H](c1ccco1)N(C)C)c1ccco1. The highest BCUT2D eigenvalue weighted by atomic mass is 16.3. The molecule has 0 radical (unpaired) electrons. The van der Waals surface area contributed by atoms with Crippen LogP contribution in [0.5, 0.6) is 0 Å². The molecule has 3 rings (SSSR count). The van der Waals surface area contributed by atoms with E-state index in [0.717, 1.165) is 30.8 Å². The van der Waals surface area contributed by atoms with E-state index in [0.29, 0.717) is 13.1 Å². The van der Waals surface area contributed by atoms with E-state index in [1.165, 1.54) is 0 Å². The lowest BCUT2D eigenvalue weighted by molar-refractivity contribution is -0.133. The van der Waals surface area contributed by atoms with Crippen LogP contribution in [0.1, 0.15) is 42.9 Å². The molecule has 8 nitrogen and oxygen atoms in total. The van der Waals surface area contributed by atoms with E-state index in [-0.39, 0.29) is 35.7 Å². The summed E-state index contributed by atoms with van der Waals surface area (Å²) in [5.74, 6) is 0.872. The van der Waals surface area contributed by atoms with Crippen LogP contribution in [0, 0.1) is 11.8 Å². The summed E-state index contributed by atoms with van der Waals surface area (Å²) in [5, 5.41) is 6.08. The fraction of sp³-hybridized carbons (Fsp3) is 0.565. The zero-order valence-electron chi connectivity index (χ0n) is 18.8. The number of likely N-dealkylation sites (N-methyl/N-ethyl adjacent to an activating group) is 2. The Morgan fingerprint density at radius 2 is 1.29 bits per heavy atom. The van der Waals surface area contributed by atoms with E-state index >= 15 is 0 Å². The van der Waals surface area contributed by atoms with Crippen molar-refractivity contribution in [2.75, 3.05) is 41.3 Å². The summed E-state index contributed by atoms with van der Waals surface area (Å²) < 4.78 is 11.0. The molecule has 170 valence electrons. The van der Waals surface area contributed by atoms with Crippen molar-refractivity contribution in [3.05, 3.63) is 48.3 Å². The summed E-state index contributed by atoms with van der Waals surface area (Å²) in [6.07, 6.45) is 5.60. The molecule has 1 aliphatic carbocycles. The van der Waals surface area contributed by atoms with Gasteiger partial charge in [-0.05, 0) is 65.3 Å². The van der Waals surface area contributed by atoms with Gasteiger partial charge in [0.05, 0.1) is 24.6 Å². The van der Waals surface area contributed by atoms with Gasteiger partial charge in [0.2, 0.25) is 11.8 Å². The second-order valence-electron chi connectivity index (χ2n) is 8.62. The highest BCUT2D eigenvalue weighted by Gasteiger charge is 2.38. The van der Waals surface area contributed by atoms with Crippen LogP contribution in [-0.4, -0.2) is 62.9 Å². The summed E-state index contributed by atoms with van der Waals surface area (Å²) in [5.41, 5.74) is 0. The van der Waals surface area contributed by atoms with E-state index in [1.807, 2.05) is 62.3 Å². The largest absolute Gasteiger partial charge is 0.468 e. The Labute approximate surface area is 183 Å². The molecule has 0 bridgehead atoms. The van der Waals surface area contributed by atoms with E-state index in [2.05, 4.69) is 10.6 Å². The van der Waals surface area contributed by atoms with Crippen molar-refractivity contribution in [3.63, 3.8) is 0 Å². The molecule has 2 aromatic heterocycles. The zero-order chi connectivity index (χ0) is 22.4. The van der Waals surface area contributed by atoms with Gasteiger partial charge in [-0.15, -0.1) is 0 Å². The zero-order valence-corrected chi connectivity index (χ0v) is 18.8. The third kappa shape index (κ3) is 5.77. The number of furan rings is 2. The van der Waals surface area contributed by atoms with Crippen molar-refractivity contribution in [2.24, 2.45) is 11.8 Å². The minimum absolute atomic E-state index is 0.0539. The van der Waals surface area contributed by atoms with Gasteiger partial charge in [0.1, 0.15) is 11.5 Å². The number of amides is 2. The topological polar surface area (TPSA) is 91.0 Å². The minimum atomic E-state index is -0.305. The number of rotatable bonds is 10. The van der Waals surface area contributed by atoms with Gasteiger partial charge < -0.3 is 19.5 Å². The second kappa shape index (κ2) is 10.6. The Balaban J connectivity index is 1.55. The molecule has 31 heavy (non-hydrogen) atoms. The molecule has 1 fully saturated rings. The summed E-state index contributed by atoms with van der Waals surface area (Å²) in [4.78, 5) is 29.9. The summed E-state index contributed by atoms with van der Waals surface area (Å²) in [6, 6.07) is 7.39. The number of hydrogen-bond donors (Lipinski definition) is 2. The van der Waals surface area contributed by atoms with Gasteiger partial charge in [0, 0.05) is 24.9 Å². The van der Waals surface area contributed by atoms with Crippen LogP contribution in [0.3, 0.4) is 0 Å². The third-order valence-electron chi connectivity index (χ3n) is 6.12. The van der Waals surface area contributed by atoms with Gasteiger partial charge in [0.15, 0.2) is 0 Å².